The van der Waals surface area contributed by atoms with Crippen LogP contribution in [0, 0.1) is 0 Å². The summed E-state index contributed by atoms with van der Waals surface area (Å²) in [6.07, 6.45) is 0.158. The Kier molecular flexibility index (Phi) is 12.7. The molecule has 7 heteroatoms. The van der Waals surface area contributed by atoms with Crippen molar-refractivity contribution in [1.29, 1.82) is 0 Å². The van der Waals surface area contributed by atoms with Gasteiger partial charge in [0, 0.05) is 29.3 Å². The zero-order chi connectivity index (χ0) is 18.6. The quantitative estimate of drug-likeness (QED) is 0.232. The fourth-order valence-electron chi connectivity index (χ4n) is 2.41. The third-order valence-electron chi connectivity index (χ3n) is 4.11. The smallest absolute Gasteiger partial charge is 0.134 e. The van der Waals surface area contributed by atoms with Crippen molar-refractivity contribution in [2.24, 2.45) is 0 Å². The second-order valence-corrected chi connectivity index (χ2v) is 19.6. The molecular formula is C17H41NO4Si2. The molecule has 0 aliphatic rings. The number of rotatable bonds is 15. The summed E-state index contributed by atoms with van der Waals surface area (Å²) in [5.41, 5.74) is 0. The molecule has 5 nitrogen and oxygen atoms in total. The molecule has 0 aromatic heterocycles. The Balaban J connectivity index is 3.94. The fraction of sp³-hybridized carbons (Fsp3) is 1.00. The van der Waals surface area contributed by atoms with E-state index in [1.165, 1.54) is 18.1 Å². The first-order chi connectivity index (χ1) is 11.1. The van der Waals surface area contributed by atoms with E-state index < -0.39 is 22.3 Å². The van der Waals surface area contributed by atoms with E-state index in [-0.39, 0.29) is 12.8 Å². The van der Waals surface area contributed by atoms with Gasteiger partial charge in [-0.05, 0) is 13.3 Å². The van der Waals surface area contributed by atoms with Gasteiger partial charge in [0.05, 0.1) is 25.9 Å². The molecule has 2 unspecified atom stereocenters. The first-order valence-corrected chi connectivity index (χ1v) is 16.4. The summed E-state index contributed by atoms with van der Waals surface area (Å²) in [7, 11) is -2.06. The Morgan fingerprint density at radius 3 is 2.17 bits per heavy atom. The molecule has 0 saturated heterocycles. The van der Waals surface area contributed by atoms with Crippen LogP contribution in [-0.2, 0) is 9.47 Å². The fourth-order valence-corrected chi connectivity index (χ4v) is 9.47. The van der Waals surface area contributed by atoms with Crippen molar-refractivity contribution in [2.45, 2.75) is 76.5 Å². The van der Waals surface area contributed by atoms with Crippen LogP contribution in [0.25, 0.3) is 0 Å². The van der Waals surface area contributed by atoms with Crippen molar-refractivity contribution in [2.75, 3.05) is 33.0 Å². The number of aliphatic hydroxyl groups excluding tert-OH is 2. The summed E-state index contributed by atoms with van der Waals surface area (Å²) in [4.78, 5) is 0. The molecule has 0 aromatic rings. The Morgan fingerprint density at radius 1 is 0.958 bits per heavy atom. The van der Waals surface area contributed by atoms with Crippen LogP contribution in [-0.4, -0.2) is 71.7 Å². The molecular weight excluding hydrogens is 338 g/mol. The molecule has 0 aromatic carbocycles. The number of nitrogens with one attached hydrogen (secondary N) is 1. The Morgan fingerprint density at radius 2 is 1.62 bits per heavy atom. The standard InChI is InChI=1S/C17H41NO4Si2/c1-16(20)17(18-8-11-21-12-9-19)22-10-7-13-24(5,6)15-14-23(2,3)4/h16-20H,7-15H2,1-6H3. The summed E-state index contributed by atoms with van der Waals surface area (Å²) in [6, 6.07) is 4.13. The van der Waals surface area contributed by atoms with Gasteiger partial charge in [0.2, 0.25) is 0 Å². The highest BCUT2D eigenvalue weighted by Gasteiger charge is 2.24. The molecule has 0 aliphatic carbocycles. The van der Waals surface area contributed by atoms with Crippen molar-refractivity contribution < 1.29 is 19.7 Å². The molecule has 0 spiro atoms. The molecule has 3 N–H and O–H groups in total. The van der Waals surface area contributed by atoms with E-state index in [0.29, 0.717) is 26.4 Å². The predicted octanol–water partition coefficient (Wildman–Crippen LogP) is 2.75. The van der Waals surface area contributed by atoms with E-state index in [2.05, 4.69) is 38.1 Å². The van der Waals surface area contributed by atoms with Gasteiger partial charge in [-0.1, -0.05) is 50.9 Å². The van der Waals surface area contributed by atoms with E-state index in [1.54, 1.807) is 6.92 Å². The second kappa shape index (κ2) is 12.6. The van der Waals surface area contributed by atoms with Gasteiger partial charge in [0.15, 0.2) is 0 Å². The lowest BCUT2D eigenvalue weighted by Crippen LogP contribution is -2.42. The van der Waals surface area contributed by atoms with Crippen LogP contribution in [0.3, 0.4) is 0 Å². The van der Waals surface area contributed by atoms with Crippen LogP contribution in [0.2, 0.25) is 50.9 Å². The molecule has 0 amide bonds. The topological polar surface area (TPSA) is 71.0 Å². The highest BCUT2D eigenvalue weighted by molar-refractivity contribution is 6.82. The number of hydrogen-bond acceptors (Lipinski definition) is 5. The zero-order valence-corrected chi connectivity index (χ0v) is 18.7. The van der Waals surface area contributed by atoms with Crippen molar-refractivity contribution >= 4 is 16.1 Å². The highest BCUT2D eigenvalue weighted by Crippen LogP contribution is 2.24. The minimum absolute atomic E-state index is 0.0354. The molecule has 0 rings (SSSR count). The molecule has 0 radical (unpaired) electrons. The number of ether oxygens (including phenoxy) is 2. The maximum atomic E-state index is 9.79. The van der Waals surface area contributed by atoms with Crippen molar-refractivity contribution in [1.82, 2.24) is 5.32 Å². The average molecular weight is 380 g/mol. The number of aliphatic hydroxyl groups is 2. The third kappa shape index (κ3) is 14.6. The van der Waals surface area contributed by atoms with Crippen molar-refractivity contribution in [3.8, 4) is 0 Å². The normalized spacial score (nSPS) is 15.5. The van der Waals surface area contributed by atoms with Gasteiger partial charge in [0.25, 0.3) is 0 Å². The highest BCUT2D eigenvalue weighted by atomic mass is 28.3. The minimum Gasteiger partial charge on any atom is -0.394 e. The van der Waals surface area contributed by atoms with E-state index in [4.69, 9.17) is 14.6 Å². The zero-order valence-electron chi connectivity index (χ0n) is 16.7. The van der Waals surface area contributed by atoms with Gasteiger partial charge in [-0.2, -0.15) is 0 Å². The molecule has 0 bridgehead atoms. The lowest BCUT2D eigenvalue weighted by molar-refractivity contribution is -0.0512. The monoisotopic (exact) mass is 379 g/mol. The number of hydrogen-bond donors (Lipinski definition) is 3. The van der Waals surface area contributed by atoms with Gasteiger partial charge in [-0.25, -0.2) is 0 Å². The van der Waals surface area contributed by atoms with Gasteiger partial charge < -0.3 is 19.7 Å². The van der Waals surface area contributed by atoms with Crippen LogP contribution in [0.15, 0.2) is 0 Å². The minimum atomic E-state index is -1.12. The van der Waals surface area contributed by atoms with Crippen molar-refractivity contribution in [3.05, 3.63) is 0 Å². The van der Waals surface area contributed by atoms with Crippen LogP contribution in [0.4, 0.5) is 0 Å². The lowest BCUT2D eigenvalue weighted by atomic mass is 10.3. The van der Waals surface area contributed by atoms with Gasteiger partial charge in [0.1, 0.15) is 6.23 Å². The lowest BCUT2D eigenvalue weighted by Gasteiger charge is -2.27. The molecule has 2 atom stereocenters. The van der Waals surface area contributed by atoms with Crippen LogP contribution < -0.4 is 5.32 Å². The van der Waals surface area contributed by atoms with E-state index in [9.17, 15) is 5.11 Å². The summed E-state index contributed by atoms with van der Waals surface area (Å²) < 4.78 is 11.0. The molecule has 0 saturated carbocycles. The van der Waals surface area contributed by atoms with Crippen LogP contribution in [0.1, 0.15) is 13.3 Å². The van der Waals surface area contributed by atoms with Gasteiger partial charge in [-0.15, -0.1) is 0 Å². The first-order valence-electron chi connectivity index (χ1n) is 9.29. The second-order valence-electron chi connectivity index (χ2n) is 8.65. The van der Waals surface area contributed by atoms with Gasteiger partial charge in [-0.3, -0.25) is 5.32 Å². The maximum Gasteiger partial charge on any atom is 0.134 e. The summed E-state index contributed by atoms with van der Waals surface area (Å²) in [5.74, 6) is 0. The van der Waals surface area contributed by atoms with Gasteiger partial charge >= 0.3 is 0 Å². The Labute approximate surface area is 151 Å². The first kappa shape index (κ1) is 24.2. The van der Waals surface area contributed by atoms with Crippen molar-refractivity contribution in [3.63, 3.8) is 0 Å². The molecule has 0 fully saturated rings. The molecule has 146 valence electrons. The van der Waals surface area contributed by atoms with E-state index in [0.717, 1.165) is 6.42 Å². The van der Waals surface area contributed by atoms with Crippen LogP contribution >= 0.6 is 0 Å². The van der Waals surface area contributed by atoms with E-state index in [1.807, 2.05) is 0 Å². The summed E-state index contributed by atoms with van der Waals surface area (Å²) in [6.45, 7) is 16.2. The predicted molar refractivity (Wildman–Crippen MR) is 107 cm³/mol. The average Bonchev–Trinajstić information content (AvgIpc) is 2.46. The molecule has 24 heavy (non-hydrogen) atoms. The maximum absolute atomic E-state index is 9.79. The summed E-state index contributed by atoms with van der Waals surface area (Å²) >= 11 is 0. The summed E-state index contributed by atoms with van der Waals surface area (Å²) in [5, 5.41) is 21.6. The van der Waals surface area contributed by atoms with E-state index >= 15 is 0 Å². The SMILES string of the molecule is CC(O)C(NCCOCCO)OCCC[Si](C)(C)CC[Si](C)(C)C. The molecule has 0 heterocycles. The largest absolute Gasteiger partial charge is 0.394 e. The van der Waals surface area contributed by atoms with Crippen LogP contribution in [0.5, 0.6) is 0 Å². The Bertz CT molecular complexity index is 309. The molecule has 0 aliphatic heterocycles. The third-order valence-corrected chi connectivity index (χ3v) is 9.67. The Hall–Kier alpha value is 0.234.